The molecule has 0 radical (unpaired) electrons. The third-order valence-corrected chi connectivity index (χ3v) is 4.12. The molecule has 2 rings (SSSR count). The van der Waals surface area contributed by atoms with Crippen LogP contribution in [0.1, 0.15) is 44.3 Å². The smallest absolute Gasteiger partial charge is 0.142 e. The number of aliphatic hydroxyl groups excluding tert-OH is 1. The van der Waals surface area contributed by atoms with Crippen LogP contribution in [0.25, 0.3) is 0 Å². The number of hydrogen-bond acceptors (Lipinski definition) is 1. The first-order valence-electron chi connectivity index (χ1n) is 6.21. The maximum absolute atomic E-state index is 13.3. The van der Waals surface area contributed by atoms with Crippen LogP contribution in [-0.4, -0.2) is 5.11 Å². The molecule has 1 fully saturated rings. The van der Waals surface area contributed by atoms with E-state index in [1.165, 1.54) is 12.5 Å². The Bertz CT molecular complexity index is 394. The van der Waals surface area contributed by atoms with Gasteiger partial charge in [-0.3, -0.25) is 0 Å². The number of benzene rings is 1. The summed E-state index contributed by atoms with van der Waals surface area (Å²) in [6.07, 6.45) is 3.71. The van der Waals surface area contributed by atoms with Crippen LogP contribution < -0.4 is 0 Å². The second-order valence-electron chi connectivity index (χ2n) is 5.12. The molecule has 1 N–H and O–H groups in total. The molecule has 94 valence electrons. The molecule has 1 aromatic carbocycles. The number of aliphatic hydroxyl groups is 1. The molecular formula is C14H18ClFO. The first-order chi connectivity index (χ1) is 8.09. The van der Waals surface area contributed by atoms with Gasteiger partial charge < -0.3 is 5.11 Å². The van der Waals surface area contributed by atoms with Crippen molar-refractivity contribution in [1.29, 1.82) is 0 Å². The van der Waals surface area contributed by atoms with E-state index in [1.54, 1.807) is 12.1 Å². The third-order valence-electron chi connectivity index (χ3n) is 3.72. The van der Waals surface area contributed by atoms with E-state index in [0.29, 0.717) is 11.5 Å². The van der Waals surface area contributed by atoms with Crippen molar-refractivity contribution in [1.82, 2.24) is 0 Å². The van der Waals surface area contributed by atoms with Crippen LogP contribution in [0.15, 0.2) is 18.2 Å². The van der Waals surface area contributed by atoms with Gasteiger partial charge in [0.1, 0.15) is 5.82 Å². The topological polar surface area (TPSA) is 20.2 Å². The van der Waals surface area contributed by atoms with Crippen molar-refractivity contribution >= 4 is 11.6 Å². The lowest BCUT2D eigenvalue weighted by Gasteiger charge is -2.31. The lowest BCUT2D eigenvalue weighted by molar-refractivity contribution is 0.0712. The van der Waals surface area contributed by atoms with Crippen LogP contribution in [0.4, 0.5) is 4.39 Å². The molecule has 0 amide bonds. The molecule has 3 atom stereocenters. The van der Waals surface area contributed by atoms with E-state index in [1.807, 2.05) is 0 Å². The van der Waals surface area contributed by atoms with Crippen LogP contribution in [0.3, 0.4) is 0 Å². The monoisotopic (exact) mass is 256 g/mol. The Labute approximate surface area is 107 Å². The molecule has 0 aliphatic heterocycles. The molecule has 0 spiro atoms. The van der Waals surface area contributed by atoms with Crippen molar-refractivity contribution in [3.05, 3.63) is 34.6 Å². The average molecular weight is 257 g/mol. The van der Waals surface area contributed by atoms with Crippen LogP contribution in [0.2, 0.25) is 5.02 Å². The second kappa shape index (κ2) is 5.36. The Morgan fingerprint density at radius 3 is 2.88 bits per heavy atom. The minimum Gasteiger partial charge on any atom is -0.388 e. The maximum Gasteiger partial charge on any atom is 0.142 e. The van der Waals surface area contributed by atoms with E-state index in [4.69, 9.17) is 11.6 Å². The summed E-state index contributed by atoms with van der Waals surface area (Å²) in [7, 11) is 0. The quantitative estimate of drug-likeness (QED) is 0.835. The van der Waals surface area contributed by atoms with Gasteiger partial charge in [0.25, 0.3) is 0 Å². The van der Waals surface area contributed by atoms with Gasteiger partial charge in [0.2, 0.25) is 0 Å². The largest absolute Gasteiger partial charge is 0.388 e. The zero-order valence-electron chi connectivity index (χ0n) is 10.00. The molecule has 0 heterocycles. The van der Waals surface area contributed by atoms with Gasteiger partial charge in [-0.1, -0.05) is 43.5 Å². The van der Waals surface area contributed by atoms with Crippen LogP contribution in [0, 0.1) is 17.7 Å². The minimum absolute atomic E-state index is 0.0678. The molecule has 1 aliphatic carbocycles. The van der Waals surface area contributed by atoms with Crippen molar-refractivity contribution in [3.8, 4) is 0 Å². The van der Waals surface area contributed by atoms with Crippen molar-refractivity contribution < 1.29 is 9.50 Å². The zero-order valence-corrected chi connectivity index (χ0v) is 10.8. The molecule has 0 bridgehead atoms. The summed E-state index contributed by atoms with van der Waals surface area (Å²) in [5, 5.41) is 10.4. The standard InChI is InChI=1S/C14H18ClFO/c1-9-4-2-5-10(8-9)14(17)11-6-3-7-12(16)13(11)15/h3,6-7,9-10,14,17H,2,4-5,8H2,1H3. The zero-order chi connectivity index (χ0) is 12.4. The first kappa shape index (κ1) is 12.8. The highest BCUT2D eigenvalue weighted by molar-refractivity contribution is 6.31. The minimum atomic E-state index is -0.638. The summed E-state index contributed by atoms with van der Waals surface area (Å²) in [5.41, 5.74) is 0.533. The molecule has 0 saturated heterocycles. The predicted molar refractivity (Wildman–Crippen MR) is 67.5 cm³/mol. The Morgan fingerprint density at radius 1 is 1.41 bits per heavy atom. The molecule has 1 aliphatic rings. The van der Waals surface area contributed by atoms with Gasteiger partial charge in [-0.15, -0.1) is 0 Å². The van der Waals surface area contributed by atoms with E-state index in [-0.39, 0.29) is 10.9 Å². The van der Waals surface area contributed by atoms with Crippen molar-refractivity contribution in [3.63, 3.8) is 0 Å². The maximum atomic E-state index is 13.3. The fourth-order valence-electron chi connectivity index (χ4n) is 2.77. The van der Waals surface area contributed by atoms with Crippen molar-refractivity contribution in [2.24, 2.45) is 11.8 Å². The highest BCUT2D eigenvalue weighted by Gasteiger charge is 2.28. The summed E-state index contributed by atoms with van der Waals surface area (Å²) in [6.45, 7) is 2.20. The predicted octanol–water partition coefficient (Wildman–Crippen LogP) is 4.34. The SMILES string of the molecule is CC1CCCC(C(O)c2cccc(F)c2Cl)C1. The Kier molecular flexibility index (Phi) is 4.05. The Hall–Kier alpha value is -0.600. The van der Waals surface area contributed by atoms with E-state index in [9.17, 15) is 9.50 Å². The normalized spacial score (nSPS) is 26.8. The summed E-state index contributed by atoms with van der Waals surface area (Å²) < 4.78 is 13.3. The van der Waals surface area contributed by atoms with Gasteiger partial charge in [0.05, 0.1) is 11.1 Å². The molecule has 3 unspecified atom stereocenters. The van der Waals surface area contributed by atoms with Crippen LogP contribution >= 0.6 is 11.6 Å². The van der Waals surface area contributed by atoms with Crippen molar-refractivity contribution in [2.45, 2.75) is 38.7 Å². The van der Waals surface area contributed by atoms with Gasteiger partial charge in [-0.25, -0.2) is 4.39 Å². The lowest BCUT2D eigenvalue weighted by Crippen LogP contribution is -2.20. The molecule has 1 saturated carbocycles. The van der Waals surface area contributed by atoms with Gasteiger partial charge in [-0.2, -0.15) is 0 Å². The fraction of sp³-hybridized carbons (Fsp3) is 0.571. The molecule has 17 heavy (non-hydrogen) atoms. The van der Waals surface area contributed by atoms with E-state index in [0.717, 1.165) is 19.3 Å². The summed E-state index contributed by atoms with van der Waals surface area (Å²) in [6, 6.07) is 4.64. The Morgan fingerprint density at radius 2 is 2.18 bits per heavy atom. The van der Waals surface area contributed by atoms with Crippen molar-refractivity contribution in [2.75, 3.05) is 0 Å². The average Bonchev–Trinajstić information content (AvgIpc) is 2.32. The first-order valence-corrected chi connectivity index (χ1v) is 6.59. The second-order valence-corrected chi connectivity index (χ2v) is 5.50. The summed E-state index contributed by atoms with van der Waals surface area (Å²) >= 11 is 5.91. The molecule has 1 aromatic rings. The van der Waals surface area contributed by atoms with Gasteiger partial charge in [0.15, 0.2) is 0 Å². The summed E-state index contributed by atoms with van der Waals surface area (Å²) in [4.78, 5) is 0. The van der Waals surface area contributed by atoms with Crippen LogP contribution in [-0.2, 0) is 0 Å². The van der Waals surface area contributed by atoms with E-state index >= 15 is 0 Å². The fourth-order valence-corrected chi connectivity index (χ4v) is 3.01. The number of rotatable bonds is 2. The number of hydrogen-bond donors (Lipinski definition) is 1. The van der Waals surface area contributed by atoms with Crippen LogP contribution in [0.5, 0.6) is 0 Å². The third kappa shape index (κ3) is 2.80. The summed E-state index contributed by atoms with van der Waals surface area (Å²) in [5.74, 6) is 0.390. The molecule has 3 heteroatoms. The van der Waals surface area contributed by atoms with E-state index in [2.05, 4.69) is 6.92 Å². The lowest BCUT2D eigenvalue weighted by atomic mass is 9.78. The van der Waals surface area contributed by atoms with Gasteiger partial charge in [-0.05, 0) is 30.7 Å². The molecule has 0 aromatic heterocycles. The van der Waals surface area contributed by atoms with Gasteiger partial charge >= 0.3 is 0 Å². The number of halogens is 2. The van der Waals surface area contributed by atoms with E-state index < -0.39 is 11.9 Å². The Balaban J connectivity index is 2.18. The highest BCUT2D eigenvalue weighted by Crippen LogP contribution is 2.39. The molecular weight excluding hydrogens is 239 g/mol. The highest BCUT2D eigenvalue weighted by atomic mass is 35.5. The molecule has 1 nitrogen and oxygen atoms in total. The van der Waals surface area contributed by atoms with Gasteiger partial charge in [0, 0.05) is 5.56 Å².